The number of ether oxygens (including phenoxy) is 1. The lowest BCUT2D eigenvalue weighted by Crippen LogP contribution is -2.25. The van der Waals surface area contributed by atoms with Crippen LogP contribution in [0, 0.1) is 0 Å². The van der Waals surface area contributed by atoms with Crippen LogP contribution in [0.4, 0.5) is 0 Å². The van der Waals surface area contributed by atoms with E-state index < -0.39 is 0 Å². The van der Waals surface area contributed by atoms with E-state index in [1.165, 1.54) is 20.5 Å². The molecule has 112 valence electrons. The summed E-state index contributed by atoms with van der Waals surface area (Å²) < 4.78 is 7.27. The van der Waals surface area contributed by atoms with Crippen molar-refractivity contribution >= 4 is 27.3 Å². The molecule has 0 saturated heterocycles. The highest BCUT2D eigenvalue weighted by Crippen LogP contribution is 2.38. The predicted molar refractivity (Wildman–Crippen MR) is 91.9 cm³/mol. The average Bonchev–Trinajstić information content (AvgIpc) is 2.93. The van der Waals surface area contributed by atoms with Crippen LogP contribution in [0.3, 0.4) is 0 Å². The molecule has 1 aliphatic rings. The van der Waals surface area contributed by atoms with Gasteiger partial charge in [0.15, 0.2) is 0 Å². The van der Waals surface area contributed by atoms with Crippen LogP contribution in [0.25, 0.3) is 0 Å². The molecule has 2 aromatic rings. The van der Waals surface area contributed by atoms with Gasteiger partial charge >= 0.3 is 0 Å². The number of thiophene rings is 1. The molecule has 1 aromatic carbocycles. The van der Waals surface area contributed by atoms with Crippen molar-refractivity contribution in [3.05, 3.63) is 56.2 Å². The predicted octanol–water partition coefficient (Wildman–Crippen LogP) is 4.87. The highest BCUT2D eigenvalue weighted by Gasteiger charge is 2.26. The zero-order chi connectivity index (χ0) is 14.7. The Morgan fingerprint density at radius 3 is 3.00 bits per heavy atom. The summed E-state index contributed by atoms with van der Waals surface area (Å²) >= 11 is 5.47. The molecule has 2 unspecified atom stereocenters. The van der Waals surface area contributed by atoms with Crippen LogP contribution >= 0.6 is 27.3 Å². The van der Waals surface area contributed by atoms with Gasteiger partial charge in [-0.15, -0.1) is 11.3 Å². The van der Waals surface area contributed by atoms with Crippen molar-refractivity contribution in [3.8, 4) is 0 Å². The van der Waals surface area contributed by atoms with Gasteiger partial charge in [0.05, 0.1) is 12.7 Å². The maximum Gasteiger partial charge on any atom is 0.0846 e. The minimum Gasteiger partial charge on any atom is -0.373 e. The molecule has 21 heavy (non-hydrogen) atoms. The molecule has 3 rings (SSSR count). The Labute approximate surface area is 138 Å². The lowest BCUT2D eigenvalue weighted by Gasteiger charge is -2.29. The third kappa shape index (κ3) is 3.39. The molecule has 0 bridgehead atoms. The maximum atomic E-state index is 6.07. The zero-order valence-corrected chi connectivity index (χ0v) is 14.5. The summed E-state index contributed by atoms with van der Waals surface area (Å²) in [5.74, 6) is 0. The van der Waals surface area contributed by atoms with Gasteiger partial charge < -0.3 is 10.1 Å². The number of halogens is 1. The van der Waals surface area contributed by atoms with Crippen molar-refractivity contribution in [2.75, 3.05) is 13.2 Å². The van der Waals surface area contributed by atoms with Crippen LogP contribution in [0.15, 0.2) is 40.2 Å². The molecule has 2 atom stereocenters. The summed E-state index contributed by atoms with van der Waals surface area (Å²) in [6.45, 7) is 3.94. The Kier molecular flexibility index (Phi) is 5.11. The summed E-state index contributed by atoms with van der Waals surface area (Å²) in [7, 11) is 0. The lowest BCUT2D eigenvalue weighted by molar-refractivity contribution is 0.0296. The second-order valence-corrected chi connectivity index (χ2v) is 7.09. The van der Waals surface area contributed by atoms with Crippen molar-refractivity contribution in [3.63, 3.8) is 0 Å². The first-order valence-corrected chi connectivity index (χ1v) is 9.12. The van der Waals surface area contributed by atoms with Gasteiger partial charge in [-0.3, -0.25) is 0 Å². The van der Waals surface area contributed by atoms with E-state index in [9.17, 15) is 0 Å². The monoisotopic (exact) mass is 365 g/mol. The fourth-order valence-electron chi connectivity index (χ4n) is 2.97. The minimum absolute atomic E-state index is 0.188. The van der Waals surface area contributed by atoms with Crippen LogP contribution < -0.4 is 5.32 Å². The summed E-state index contributed by atoms with van der Waals surface area (Å²) in [6, 6.07) is 11.1. The third-order valence-electron chi connectivity index (χ3n) is 3.95. The van der Waals surface area contributed by atoms with Gasteiger partial charge in [-0.05, 0) is 57.9 Å². The summed E-state index contributed by atoms with van der Waals surface area (Å²) in [4.78, 5) is 1.36. The lowest BCUT2D eigenvalue weighted by atomic mass is 9.93. The zero-order valence-electron chi connectivity index (χ0n) is 12.1. The van der Waals surface area contributed by atoms with E-state index in [0.29, 0.717) is 6.04 Å². The number of rotatable bonds is 5. The SMILES string of the molecule is CCNC(CC1OCCc2ccccc21)c1sccc1Br. The number of fused-ring (bicyclic) bond motifs is 1. The van der Waals surface area contributed by atoms with Crippen LogP contribution in [-0.4, -0.2) is 13.2 Å². The molecule has 1 aliphatic heterocycles. The van der Waals surface area contributed by atoms with Crippen LogP contribution in [0.5, 0.6) is 0 Å². The van der Waals surface area contributed by atoms with E-state index in [2.05, 4.69) is 63.9 Å². The fraction of sp³-hybridized carbons (Fsp3) is 0.412. The van der Waals surface area contributed by atoms with E-state index >= 15 is 0 Å². The molecule has 0 aliphatic carbocycles. The number of hydrogen-bond donors (Lipinski definition) is 1. The molecular formula is C17H20BrNOS. The standard InChI is InChI=1S/C17H20BrNOS/c1-2-19-15(17-14(18)8-10-21-17)11-16-13-6-4-3-5-12(13)7-9-20-16/h3-6,8,10,15-16,19H,2,7,9,11H2,1H3. The van der Waals surface area contributed by atoms with Gasteiger partial charge in [0.1, 0.15) is 0 Å². The Hall–Kier alpha value is -0.680. The molecule has 0 fully saturated rings. The topological polar surface area (TPSA) is 21.3 Å². The van der Waals surface area contributed by atoms with E-state index in [-0.39, 0.29) is 6.10 Å². The second kappa shape index (κ2) is 7.05. The molecular weight excluding hydrogens is 346 g/mol. The van der Waals surface area contributed by atoms with Gasteiger partial charge in [-0.25, -0.2) is 0 Å². The number of nitrogens with one attached hydrogen (secondary N) is 1. The smallest absolute Gasteiger partial charge is 0.0846 e. The number of benzene rings is 1. The first kappa shape index (κ1) is 15.2. The van der Waals surface area contributed by atoms with Crippen LogP contribution in [-0.2, 0) is 11.2 Å². The summed E-state index contributed by atoms with van der Waals surface area (Å²) in [5, 5.41) is 5.74. The number of hydrogen-bond acceptors (Lipinski definition) is 3. The van der Waals surface area contributed by atoms with Gasteiger partial charge in [-0.1, -0.05) is 31.2 Å². The largest absolute Gasteiger partial charge is 0.373 e. The Balaban J connectivity index is 1.83. The summed E-state index contributed by atoms with van der Waals surface area (Å²) in [5.41, 5.74) is 2.80. The van der Waals surface area contributed by atoms with Gasteiger partial charge in [0, 0.05) is 15.4 Å². The molecule has 2 nitrogen and oxygen atoms in total. The van der Waals surface area contributed by atoms with Crippen molar-refractivity contribution in [2.45, 2.75) is 31.9 Å². The van der Waals surface area contributed by atoms with E-state index in [4.69, 9.17) is 4.74 Å². The second-order valence-electron chi connectivity index (χ2n) is 5.29. The van der Waals surface area contributed by atoms with Crippen molar-refractivity contribution in [1.29, 1.82) is 0 Å². The van der Waals surface area contributed by atoms with E-state index in [0.717, 1.165) is 26.0 Å². The average molecular weight is 366 g/mol. The van der Waals surface area contributed by atoms with Crippen molar-refractivity contribution in [1.82, 2.24) is 5.32 Å². The Bertz CT molecular complexity index is 598. The normalized spacial score (nSPS) is 19.2. The Morgan fingerprint density at radius 1 is 1.38 bits per heavy atom. The first-order chi connectivity index (χ1) is 10.3. The molecule has 0 spiro atoms. The van der Waals surface area contributed by atoms with Gasteiger partial charge in [0.25, 0.3) is 0 Å². The minimum atomic E-state index is 0.188. The van der Waals surface area contributed by atoms with Crippen LogP contribution in [0.1, 0.15) is 41.5 Å². The first-order valence-electron chi connectivity index (χ1n) is 7.45. The molecule has 0 amide bonds. The molecule has 1 N–H and O–H groups in total. The van der Waals surface area contributed by atoms with Crippen molar-refractivity contribution in [2.24, 2.45) is 0 Å². The molecule has 1 aromatic heterocycles. The van der Waals surface area contributed by atoms with Crippen molar-refractivity contribution < 1.29 is 4.74 Å². The molecule has 2 heterocycles. The maximum absolute atomic E-state index is 6.07. The van der Waals surface area contributed by atoms with E-state index in [1.54, 1.807) is 11.3 Å². The van der Waals surface area contributed by atoms with E-state index in [1.807, 2.05) is 0 Å². The van der Waals surface area contributed by atoms with Gasteiger partial charge in [-0.2, -0.15) is 0 Å². The van der Waals surface area contributed by atoms with Gasteiger partial charge in [0.2, 0.25) is 0 Å². The molecule has 4 heteroatoms. The summed E-state index contributed by atoms with van der Waals surface area (Å²) in [6.07, 6.45) is 2.19. The highest BCUT2D eigenvalue weighted by molar-refractivity contribution is 9.10. The van der Waals surface area contributed by atoms with Crippen LogP contribution in [0.2, 0.25) is 0 Å². The fourth-order valence-corrected chi connectivity index (χ4v) is 4.71. The Morgan fingerprint density at radius 2 is 2.24 bits per heavy atom. The highest BCUT2D eigenvalue weighted by atomic mass is 79.9. The quantitative estimate of drug-likeness (QED) is 0.816. The molecule has 0 radical (unpaired) electrons. The third-order valence-corrected chi connectivity index (χ3v) is 5.94. The molecule has 0 saturated carbocycles.